The van der Waals surface area contributed by atoms with Gasteiger partial charge >= 0.3 is 0 Å². The lowest BCUT2D eigenvalue weighted by molar-refractivity contribution is 0.838. The van der Waals surface area contributed by atoms with Crippen molar-refractivity contribution < 1.29 is 0 Å². The summed E-state index contributed by atoms with van der Waals surface area (Å²) in [6, 6.07) is 40.9. The summed E-state index contributed by atoms with van der Waals surface area (Å²) in [6.07, 6.45) is 0. The van der Waals surface area contributed by atoms with Crippen LogP contribution in [0.15, 0.2) is 121 Å². The van der Waals surface area contributed by atoms with Crippen LogP contribution in [0.25, 0.3) is 0 Å². The molecule has 2 heteroatoms. The second-order valence-electron chi connectivity index (χ2n) is 18.2. The van der Waals surface area contributed by atoms with E-state index >= 15 is 0 Å². The molecule has 310 valence electrons. The van der Waals surface area contributed by atoms with Gasteiger partial charge in [0.05, 0.1) is 0 Å². The lowest BCUT2D eigenvalue weighted by Crippen LogP contribution is -2.43. The van der Waals surface area contributed by atoms with Crippen LogP contribution < -0.4 is 0 Å². The van der Waals surface area contributed by atoms with E-state index in [1.165, 1.54) is 0 Å². The Morgan fingerprint density at radius 1 is 0.242 bits per heavy atom. The predicted molar refractivity (Wildman–Crippen MR) is 272 cm³/mol. The molecule has 0 aliphatic heterocycles. The molecule has 0 atom stereocenters. The number of hydrogen-bond donors (Lipinski definition) is 0. The van der Waals surface area contributed by atoms with Crippen LogP contribution >= 0.6 is 0 Å². The maximum Gasteiger partial charge on any atom is 0.146 e. The maximum atomic E-state index is 3.82. The second-order valence-corrected chi connectivity index (χ2v) is 29.3. The van der Waals surface area contributed by atoms with E-state index in [2.05, 4.69) is 202 Å². The van der Waals surface area contributed by atoms with Gasteiger partial charge in [0.25, 0.3) is 0 Å². The largest absolute Gasteiger partial charge is 0.146 e. The van der Waals surface area contributed by atoms with Gasteiger partial charge in [0.2, 0.25) is 0 Å². The molecule has 0 N–H and O–H groups in total. The van der Waals surface area contributed by atoms with Crippen LogP contribution in [0, 0.1) is 70.3 Å². The molecule has 5 aromatic carbocycles. The molecule has 0 aromatic heterocycles. The molecule has 62 heavy (non-hydrogen) atoms. The average molecular weight is 839 g/mol. The molecule has 5 rings (SSSR count). The van der Waals surface area contributed by atoms with Crippen LogP contribution in [0.1, 0.15) is 139 Å². The van der Waals surface area contributed by atoms with Crippen LogP contribution in [-0.2, 0) is 0 Å². The van der Waals surface area contributed by atoms with Gasteiger partial charge in [0.15, 0.2) is 0 Å². The summed E-state index contributed by atoms with van der Waals surface area (Å²) in [5, 5.41) is 0. The highest BCUT2D eigenvalue weighted by Crippen LogP contribution is 2.42. The third kappa shape index (κ3) is 12.0. The number of rotatable bonds is 6. The van der Waals surface area contributed by atoms with E-state index in [-0.39, 0.29) is 0 Å². The molecular formula is C60H62Si2. The van der Waals surface area contributed by atoms with Gasteiger partial charge < -0.3 is 0 Å². The van der Waals surface area contributed by atoms with Crippen LogP contribution in [0.2, 0.25) is 33.2 Å². The summed E-state index contributed by atoms with van der Waals surface area (Å²) in [7, 11) is -3.53. The third-order valence-electron chi connectivity index (χ3n) is 12.4. The molecule has 0 nitrogen and oxygen atoms in total. The van der Waals surface area contributed by atoms with Gasteiger partial charge in [-0.3, -0.25) is 0 Å². The van der Waals surface area contributed by atoms with E-state index < -0.39 is 16.1 Å². The van der Waals surface area contributed by atoms with Crippen molar-refractivity contribution in [2.24, 2.45) is 0 Å². The topological polar surface area (TPSA) is 0 Å². The Morgan fingerprint density at radius 3 is 0.613 bits per heavy atom. The van der Waals surface area contributed by atoms with E-state index in [0.717, 1.165) is 55.6 Å². The van der Waals surface area contributed by atoms with Gasteiger partial charge in [-0.25, -0.2) is 0 Å². The summed E-state index contributed by atoms with van der Waals surface area (Å²) in [5.41, 5.74) is 20.9. The van der Waals surface area contributed by atoms with E-state index in [4.69, 9.17) is 0 Å². The molecule has 0 bridgehead atoms. The summed E-state index contributed by atoms with van der Waals surface area (Å²) in [5.74, 6) is 33.6. The molecule has 0 saturated heterocycles. The monoisotopic (exact) mass is 838 g/mol. The quantitative estimate of drug-likeness (QED) is 0.118. The zero-order valence-corrected chi connectivity index (χ0v) is 41.0. The van der Waals surface area contributed by atoms with E-state index in [0.29, 0.717) is 33.2 Å². The number of benzene rings is 5. The molecule has 0 heterocycles. The Kier molecular flexibility index (Phi) is 16.4. The first-order valence-corrected chi connectivity index (χ1v) is 26.7. The maximum absolute atomic E-state index is 3.82. The Bertz CT molecular complexity index is 2660. The van der Waals surface area contributed by atoms with Gasteiger partial charge in [-0.15, -0.1) is 11.1 Å². The molecule has 0 unspecified atom stereocenters. The lowest BCUT2D eigenvalue weighted by atomic mass is 10.1. The lowest BCUT2D eigenvalue weighted by Gasteiger charge is -2.38. The predicted octanol–water partition coefficient (Wildman–Crippen LogP) is 14.4. The minimum atomic E-state index is -1.77. The van der Waals surface area contributed by atoms with Crippen LogP contribution in [0.4, 0.5) is 0 Å². The van der Waals surface area contributed by atoms with Crippen molar-refractivity contribution in [3.8, 4) is 70.3 Å². The first-order valence-electron chi connectivity index (χ1n) is 22.3. The molecule has 0 saturated carbocycles. The third-order valence-corrected chi connectivity index (χ3v) is 24.9. The molecule has 0 aliphatic rings. The van der Waals surface area contributed by atoms with Gasteiger partial charge in [0, 0.05) is 55.6 Å². The van der Waals surface area contributed by atoms with E-state index in [9.17, 15) is 0 Å². The zero-order chi connectivity index (χ0) is 44.9. The van der Waals surface area contributed by atoms with Gasteiger partial charge in [-0.05, 0) is 142 Å². The fraction of sp³-hybridized carbons (Fsp3) is 0.300. The Balaban J connectivity index is 1.20. The Hall–Kier alpha value is -6.11. The molecule has 0 aliphatic carbocycles. The van der Waals surface area contributed by atoms with Gasteiger partial charge in [-0.2, -0.15) is 0 Å². The van der Waals surface area contributed by atoms with Crippen LogP contribution in [0.5, 0.6) is 0 Å². The smallest absolute Gasteiger partial charge is 0.125 e. The van der Waals surface area contributed by atoms with Crippen LogP contribution in [-0.4, -0.2) is 16.1 Å². The van der Waals surface area contributed by atoms with Crippen molar-refractivity contribution >= 4 is 16.1 Å². The molecular weight excluding hydrogens is 777 g/mol. The zero-order valence-electron chi connectivity index (χ0n) is 39.0. The Morgan fingerprint density at radius 2 is 0.419 bits per heavy atom. The van der Waals surface area contributed by atoms with Crippen molar-refractivity contribution in [2.75, 3.05) is 0 Å². The van der Waals surface area contributed by atoms with Gasteiger partial charge in [0.1, 0.15) is 16.1 Å². The van der Waals surface area contributed by atoms with Gasteiger partial charge in [-0.1, -0.05) is 154 Å². The standard InChI is InChI=1S/C60H62Si2/c1-45(2)61(46(3)4,47(5)6)41-39-55-29-25-52(26-30-55)20-19-51-21-23-53(24-22-51)33-35-57-15-13-17-59(43-57)37-38-60-18-14-16-58(44-60)36-34-54-27-31-56(32-28-54)40-42-62(48(7)8,49(9)10)50(11)12/h13-18,21-32,43-50H,1-12H3. The van der Waals surface area contributed by atoms with Crippen LogP contribution in [0.3, 0.4) is 0 Å². The minimum absolute atomic E-state index is 0.613. The first-order chi connectivity index (χ1) is 29.6. The van der Waals surface area contributed by atoms with Crippen molar-refractivity contribution in [1.82, 2.24) is 0 Å². The minimum Gasteiger partial charge on any atom is -0.125 e. The first kappa shape index (κ1) is 47.0. The van der Waals surface area contributed by atoms with Crippen molar-refractivity contribution in [3.05, 3.63) is 177 Å². The summed E-state index contributed by atoms with van der Waals surface area (Å²) >= 11 is 0. The van der Waals surface area contributed by atoms with Crippen molar-refractivity contribution in [1.29, 1.82) is 0 Å². The normalized spacial score (nSPS) is 11.0. The second kappa shape index (κ2) is 21.6. The SMILES string of the molecule is CC(C)[Si](C#Cc1ccc(C#Cc2ccc(C#Cc3cccc(C#Cc4cccc(C#Cc5ccc(C#C[Si](C(C)C)(C(C)C)C(C)C)cc5)c4)c3)cc2)cc1)(C(C)C)C(C)C. The molecule has 0 amide bonds. The van der Waals surface area contributed by atoms with Crippen molar-refractivity contribution in [3.63, 3.8) is 0 Å². The summed E-state index contributed by atoms with van der Waals surface area (Å²) < 4.78 is 0. The Labute approximate surface area is 377 Å². The molecule has 0 radical (unpaired) electrons. The van der Waals surface area contributed by atoms with Crippen molar-refractivity contribution in [2.45, 2.75) is 116 Å². The highest BCUT2D eigenvalue weighted by atomic mass is 28.3. The average Bonchev–Trinajstić information content (AvgIpc) is 3.24. The fourth-order valence-electron chi connectivity index (χ4n) is 9.06. The number of hydrogen-bond acceptors (Lipinski definition) is 0. The van der Waals surface area contributed by atoms with E-state index in [1.807, 2.05) is 72.8 Å². The highest BCUT2D eigenvalue weighted by molar-refractivity contribution is 6.91. The molecule has 0 spiro atoms. The fourth-order valence-corrected chi connectivity index (χ4v) is 19.5. The molecule has 5 aromatic rings. The summed E-state index contributed by atoms with van der Waals surface area (Å²) in [6.45, 7) is 28.2. The highest BCUT2D eigenvalue weighted by Gasteiger charge is 2.42. The summed E-state index contributed by atoms with van der Waals surface area (Å²) in [4.78, 5) is 0. The van der Waals surface area contributed by atoms with E-state index in [1.54, 1.807) is 0 Å². The molecule has 0 fully saturated rings.